The number of halogens is 4. The molecule has 7 nitrogen and oxygen atoms in total. The molecule has 3 rings (SSSR count). The van der Waals surface area contributed by atoms with Gasteiger partial charge in [0, 0.05) is 35.7 Å². The minimum absolute atomic E-state index is 0.151. The SMILES string of the molecule is NC=CC(=NC1CCCCO1)c1cc(C(=O)Nc2ccc(OC(F)(F)Cl)cc2)cnc1Cl. The molecular weight excluding hydrogens is 465 g/mol. The van der Waals surface area contributed by atoms with Crippen molar-refractivity contribution in [2.75, 3.05) is 11.9 Å². The van der Waals surface area contributed by atoms with Gasteiger partial charge >= 0.3 is 5.57 Å². The summed E-state index contributed by atoms with van der Waals surface area (Å²) < 4.78 is 35.3. The highest BCUT2D eigenvalue weighted by molar-refractivity contribution is 6.34. The topological polar surface area (TPSA) is 98.8 Å². The number of rotatable bonds is 7. The number of hydrogen-bond donors (Lipinski definition) is 2. The van der Waals surface area contributed by atoms with Crippen LogP contribution in [0, 0.1) is 0 Å². The fourth-order valence-electron chi connectivity index (χ4n) is 2.97. The number of anilines is 1. The van der Waals surface area contributed by atoms with Gasteiger partial charge in [-0.25, -0.2) is 4.98 Å². The average Bonchev–Trinajstić information content (AvgIpc) is 2.75. The maximum absolute atomic E-state index is 12.7. The monoisotopic (exact) mass is 484 g/mol. The number of hydrogen-bond acceptors (Lipinski definition) is 6. The maximum Gasteiger partial charge on any atom is 0.487 e. The third-order valence-electron chi connectivity index (χ3n) is 4.42. The number of carbonyl (C=O) groups is 1. The molecule has 3 N–H and O–H groups in total. The quantitative estimate of drug-likeness (QED) is 0.329. The lowest BCUT2D eigenvalue weighted by Crippen LogP contribution is -2.19. The first-order valence-electron chi connectivity index (χ1n) is 9.66. The predicted octanol–water partition coefficient (Wildman–Crippen LogP) is 4.94. The molecule has 0 saturated carbocycles. The Morgan fingerprint density at radius 2 is 2.09 bits per heavy atom. The van der Waals surface area contributed by atoms with E-state index >= 15 is 0 Å². The van der Waals surface area contributed by atoms with Crippen LogP contribution < -0.4 is 15.8 Å². The fraction of sp³-hybridized carbons (Fsp3) is 0.286. The highest BCUT2D eigenvalue weighted by Gasteiger charge is 2.27. The highest BCUT2D eigenvalue weighted by Crippen LogP contribution is 2.26. The van der Waals surface area contributed by atoms with E-state index < -0.39 is 11.5 Å². The van der Waals surface area contributed by atoms with Gasteiger partial charge in [0.05, 0.1) is 11.3 Å². The number of ether oxygens (including phenoxy) is 2. The Morgan fingerprint density at radius 3 is 2.72 bits per heavy atom. The molecule has 11 heteroatoms. The zero-order valence-electron chi connectivity index (χ0n) is 16.7. The number of pyridine rings is 1. The van der Waals surface area contributed by atoms with E-state index in [0.717, 1.165) is 19.3 Å². The predicted molar refractivity (Wildman–Crippen MR) is 119 cm³/mol. The van der Waals surface area contributed by atoms with Crippen molar-refractivity contribution in [3.63, 3.8) is 0 Å². The lowest BCUT2D eigenvalue weighted by atomic mass is 10.1. The molecule has 0 bridgehead atoms. The molecule has 0 radical (unpaired) electrons. The van der Waals surface area contributed by atoms with Gasteiger partial charge in [0.15, 0.2) is 0 Å². The van der Waals surface area contributed by atoms with E-state index in [0.29, 0.717) is 23.6 Å². The van der Waals surface area contributed by atoms with Crippen LogP contribution in [0.4, 0.5) is 14.5 Å². The molecule has 0 aliphatic carbocycles. The Morgan fingerprint density at radius 1 is 1.34 bits per heavy atom. The number of nitrogens with one attached hydrogen (secondary N) is 1. The molecule has 1 fully saturated rings. The first kappa shape index (κ1) is 23.9. The van der Waals surface area contributed by atoms with Crippen molar-refractivity contribution in [1.82, 2.24) is 4.98 Å². The fourth-order valence-corrected chi connectivity index (χ4v) is 3.26. The second-order valence-corrected chi connectivity index (χ2v) is 7.58. The number of aromatic nitrogens is 1. The first-order chi connectivity index (χ1) is 15.2. The van der Waals surface area contributed by atoms with Crippen molar-refractivity contribution in [3.8, 4) is 5.75 Å². The van der Waals surface area contributed by atoms with Crippen molar-refractivity contribution in [2.45, 2.75) is 31.1 Å². The van der Waals surface area contributed by atoms with Crippen molar-refractivity contribution < 1.29 is 23.0 Å². The number of amides is 1. The molecule has 1 aromatic heterocycles. The highest BCUT2D eigenvalue weighted by atomic mass is 35.5. The summed E-state index contributed by atoms with van der Waals surface area (Å²) in [7, 11) is 0. The van der Waals surface area contributed by atoms with Crippen LogP contribution in [0.5, 0.6) is 5.75 Å². The van der Waals surface area contributed by atoms with Gasteiger partial charge in [0.25, 0.3) is 5.91 Å². The molecule has 170 valence electrons. The minimum atomic E-state index is -3.82. The summed E-state index contributed by atoms with van der Waals surface area (Å²) in [6, 6.07) is 6.82. The third kappa shape index (κ3) is 6.88. The molecule has 32 heavy (non-hydrogen) atoms. The summed E-state index contributed by atoms with van der Waals surface area (Å²) in [5.74, 6) is -0.644. The maximum atomic E-state index is 12.7. The van der Waals surface area contributed by atoms with Crippen LogP contribution in [-0.4, -0.2) is 35.0 Å². The summed E-state index contributed by atoms with van der Waals surface area (Å²) in [4.78, 5) is 21.3. The number of nitrogens with two attached hydrogens (primary N) is 1. The largest absolute Gasteiger partial charge is 0.487 e. The van der Waals surface area contributed by atoms with Gasteiger partial charge in [-0.15, -0.1) is 8.78 Å². The van der Waals surface area contributed by atoms with E-state index in [9.17, 15) is 13.6 Å². The Kier molecular flexibility index (Phi) is 8.00. The van der Waals surface area contributed by atoms with Gasteiger partial charge in [-0.2, -0.15) is 0 Å². The van der Waals surface area contributed by atoms with Gasteiger partial charge in [-0.3, -0.25) is 9.79 Å². The number of benzene rings is 1. The van der Waals surface area contributed by atoms with Gasteiger partial charge in [-0.05, 0) is 61.9 Å². The van der Waals surface area contributed by atoms with E-state index in [1.54, 1.807) is 6.08 Å². The number of nitrogens with zero attached hydrogens (tertiary/aromatic N) is 2. The van der Waals surface area contributed by atoms with Gasteiger partial charge in [0.1, 0.15) is 17.1 Å². The Hall–Kier alpha value is -2.75. The first-order valence-corrected chi connectivity index (χ1v) is 10.4. The van der Waals surface area contributed by atoms with Gasteiger partial charge in [0.2, 0.25) is 0 Å². The molecule has 1 aromatic carbocycles. The van der Waals surface area contributed by atoms with Crippen LogP contribution in [0.1, 0.15) is 35.2 Å². The molecular formula is C21H20Cl2F2N4O3. The van der Waals surface area contributed by atoms with Gasteiger partial charge < -0.3 is 20.5 Å². The van der Waals surface area contributed by atoms with Crippen molar-refractivity contribution >= 4 is 40.5 Å². The second-order valence-electron chi connectivity index (χ2n) is 6.78. The van der Waals surface area contributed by atoms with Crippen LogP contribution in [0.15, 0.2) is 53.8 Å². The molecule has 2 heterocycles. The number of carbonyl (C=O) groups excluding carboxylic acids is 1. The lowest BCUT2D eigenvalue weighted by molar-refractivity contribution is -0.0964. The van der Waals surface area contributed by atoms with E-state index in [-0.39, 0.29) is 22.7 Å². The summed E-state index contributed by atoms with van der Waals surface area (Å²) in [5.41, 5.74) is 3.16. The number of alkyl halides is 3. The molecule has 1 unspecified atom stereocenters. The molecule has 1 atom stereocenters. The number of aliphatic imine (C=N–C) groups is 1. The van der Waals surface area contributed by atoms with E-state index in [1.807, 2.05) is 0 Å². The van der Waals surface area contributed by atoms with Crippen LogP contribution in [0.2, 0.25) is 5.15 Å². The summed E-state index contributed by atoms with van der Waals surface area (Å²) in [6.45, 7) is 0.620. The van der Waals surface area contributed by atoms with Gasteiger partial charge in [-0.1, -0.05) is 11.6 Å². The van der Waals surface area contributed by atoms with Crippen molar-refractivity contribution in [3.05, 3.63) is 65.1 Å². The average molecular weight is 485 g/mol. The minimum Gasteiger partial charge on any atom is -0.420 e. The molecule has 1 amide bonds. The van der Waals surface area contributed by atoms with E-state index in [1.165, 1.54) is 42.7 Å². The molecule has 1 saturated heterocycles. The smallest absolute Gasteiger partial charge is 0.420 e. The van der Waals surface area contributed by atoms with Crippen LogP contribution in [0.25, 0.3) is 0 Å². The standard InChI is InChI=1S/C21H20Cl2F2N4O3/c22-19-16(17(8-9-26)29-18-3-1-2-10-31-18)11-13(12-27-19)20(30)28-14-4-6-15(7-5-14)32-21(23,24)25/h4-9,11-12,18H,1-3,10,26H2,(H,28,30). The van der Waals surface area contributed by atoms with Crippen LogP contribution >= 0.6 is 23.2 Å². The van der Waals surface area contributed by atoms with Crippen molar-refractivity contribution in [1.29, 1.82) is 0 Å². The normalized spacial score (nSPS) is 17.4. The number of allylic oxidation sites excluding steroid dienone is 1. The summed E-state index contributed by atoms with van der Waals surface area (Å²) in [5, 5.41) is 2.79. The summed E-state index contributed by atoms with van der Waals surface area (Å²) in [6.07, 6.45) is 6.61. The lowest BCUT2D eigenvalue weighted by Gasteiger charge is -2.20. The third-order valence-corrected chi connectivity index (χ3v) is 4.79. The molecule has 2 aromatic rings. The zero-order chi connectivity index (χ0) is 23.1. The molecule has 1 aliphatic rings. The van der Waals surface area contributed by atoms with Crippen molar-refractivity contribution in [2.24, 2.45) is 10.7 Å². The summed E-state index contributed by atoms with van der Waals surface area (Å²) >= 11 is 11.0. The van der Waals surface area contributed by atoms with E-state index in [4.69, 9.17) is 33.7 Å². The Labute approximate surface area is 193 Å². The Bertz CT molecular complexity index is 1010. The molecule has 1 aliphatic heterocycles. The Balaban J connectivity index is 1.79. The zero-order valence-corrected chi connectivity index (χ0v) is 18.2. The molecule has 0 spiro atoms. The van der Waals surface area contributed by atoms with Crippen LogP contribution in [0.3, 0.4) is 0 Å². The van der Waals surface area contributed by atoms with E-state index in [2.05, 4.69) is 20.0 Å². The second kappa shape index (κ2) is 10.7. The van der Waals surface area contributed by atoms with Crippen LogP contribution in [-0.2, 0) is 4.74 Å².